The summed E-state index contributed by atoms with van der Waals surface area (Å²) in [5.41, 5.74) is 11.7. The molecule has 0 saturated carbocycles. The van der Waals surface area contributed by atoms with Gasteiger partial charge in [-0.2, -0.15) is 0 Å². The van der Waals surface area contributed by atoms with Gasteiger partial charge in [-0.25, -0.2) is 9.38 Å². The van der Waals surface area contributed by atoms with Crippen molar-refractivity contribution in [2.75, 3.05) is 6.26 Å². The SMILES string of the molecule is CSN=CC(=C(N)c1ccc(OCc2ccc3ccccc3n2)cc1)c1ccncc1. The van der Waals surface area contributed by atoms with Crippen molar-refractivity contribution in [3.63, 3.8) is 0 Å². The predicted molar refractivity (Wildman–Crippen MR) is 130 cm³/mol. The Balaban J connectivity index is 1.52. The van der Waals surface area contributed by atoms with Crippen LogP contribution in [0.5, 0.6) is 5.75 Å². The second kappa shape index (κ2) is 9.91. The van der Waals surface area contributed by atoms with Gasteiger partial charge in [0.1, 0.15) is 12.4 Å². The molecule has 0 aliphatic heterocycles. The van der Waals surface area contributed by atoms with E-state index in [4.69, 9.17) is 10.5 Å². The van der Waals surface area contributed by atoms with Gasteiger partial charge in [0.05, 0.1) is 11.2 Å². The van der Waals surface area contributed by atoms with E-state index in [1.54, 1.807) is 18.6 Å². The fourth-order valence-electron chi connectivity index (χ4n) is 3.17. The lowest BCUT2D eigenvalue weighted by molar-refractivity contribution is 0.302. The summed E-state index contributed by atoms with van der Waals surface area (Å²) in [5.74, 6) is 0.759. The van der Waals surface area contributed by atoms with Gasteiger partial charge in [-0.15, -0.1) is 0 Å². The number of allylic oxidation sites excluding steroid dienone is 1. The minimum absolute atomic E-state index is 0.401. The third-order valence-corrected chi connectivity index (χ3v) is 5.09. The van der Waals surface area contributed by atoms with Crippen molar-refractivity contribution >= 4 is 40.3 Å². The number of rotatable bonds is 7. The van der Waals surface area contributed by atoms with Crippen molar-refractivity contribution in [2.24, 2.45) is 10.1 Å². The summed E-state index contributed by atoms with van der Waals surface area (Å²) in [7, 11) is 0. The monoisotopic (exact) mass is 426 g/mol. The molecule has 5 nitrogen and oxygen atoms in total. The largest absolute Gasteiger partial charge is 0.487 e. The van der Waals surface area contributed by atoms with Crippen LogP contribution in [0.2, 0.25) is 0 Å². The normalized spacial score (nSPS) is 12.2. The number of aromatic nitrogens is 2. The highest BCUT2D eigenvalue weighted by Gasteiger charge is 2.08. The van der Waals surface area contributed by atoms with E-state index in [9.17, 15) is 0 Å². The maximum Gasteiger partial charge on any atom is 0.130 e. The molecule has 2 aromatic carbocycles. The van der Waals surface area contributed by atoms with Crippen LogP contribution in [-0.2, 0) is 6.61 Å². The number of ether oxygens (including phenoxy) is 1. The van der Waals surface area contributed by atoms with Gasteiger partial charge in [-0.05, 0) is 71.6 Å². The third-order valence-electron chi connectivity index (χ3n) is 4.78. The summed E-state index contributed by atoms with van der Waals surface area (Å²) >= 11 is 1.38. The molecular weight excluding hydrogens is 404 g/mol. The molecule has 0 bridgehead atoms. The van der Waals surface area contributed by atoms with Crippen LogP contribution in [0.4, 0.5) is 0 Å². The second-order valence-electron chi connectivity index (χ2n) is 6.79. The summed E-state index contributed by atoms with van der Waals surface area (Å²) in [6.07, 6.45) is 7.18. The lowest BCUT2D eigenvalue weighted by Crippen LogP contribution is -2.03. The van der Waals surface area contributed by atoms with Crippen LogP contribution in [0.25, 0.3) is 22.2 Å². The minimum atomic E-state index is 0.401. The maximum absolute atomic E-state index is 6.49. The second-order valence-corrected chi connectivity index (χ2v) is 7.36. The Bertz CT molecular complexity index is 1220. The molecule has 0 unspecified atom stereocenters. The zero-order chi connectivity index (χ0) is 21.5. The Hall–Kier alpha value is -3.64. The summed E-state index contributed by atoms with van der Waals surface area (Å²) in [6, 6.07) is 23.7. The lowest BCUT2D eigenvalue weighted by Gasteiger charge is -2.11. The molecule has 0 aliphatic rings. The van der Waals surface area contributed by atoms with E-state index in [-0.39, 0.29) is 0 Å². The van der Waals surface area contributed by atoms with E-state index in [0.29, 0.717) is 12.3 Å². The van der Waals surface area contributed by atoms with E-state index >= 15 is 0 Å². The highest BCUT2D eigenvalue weighted by atomic mass is 32.2. The zero-order valence-corrected chi connectivity index (χ0v) is 17.9. The van der Waals surface area contributed by atoms with Crippen molar-refractivity contribution < 1.29 is 4.74 Å². The first-order valence-electron chi connectivity index (χ1n) is 9.79. The van der Waals surface area contributed by atoms with Gasteiger partial charge in [0.15, 0.2) is 0 Å². The van der Waals surface area contributed by atoms with Crippen LogP contribution >= 0.6 is 11.9 Å². The first-order valence-corrected chi connectivity index (χ1v) is 11.0. The van der Waals surface area contributed by atoms with Crippen LogP contribution in [-0.4, -0.2) is 22.4 Å². The topological polar surface area (TPSA) is 73.4 Å². The van der Waals surface area contributed by atoms with E-state index in [2.05, 4.69) is 20.4 Å². The molecule has 0 aliphatic carbocycles. The smallest absolute Gasteiger partial charge is 0.130 e. The number of hydrogen-bond donors (Lipinski definition) is 1. The molecule has 4 rings (SSSR count). The van der Waals surface area contributed by atoms with E-state index in [0.717, 1.165) is 39.0 Å². The molecule has 0 saturated heterocycles. The maximum atomic E-state index is 6.49. The number of para-hydroxylation sites is 1. The molecule has 0 fully saturated rings. The average molecular weight is 427 g/mol. The van der Waals surface area contributed by atoms with Crippen LogP contribution < -0.4 is 10.5 Å². The van der Waals surface area contributed by atoms with Gasteiger partial charge >= 0.3 is 0 Å². The molecule has 2 heterocycles. The number of pyridine rings is 2. The predicted octanol–water partition coefficient (Wildman–Crippen LogP) is 5.38. The molecular formula is C25H22N4OS. The first-order chi connectivity index (χ1) is 15.2. The van der Waals surface area contributed by atoms with Crippen LogP contribution in [0, 0.1) is 0 Å². The Morgan fingerprint density at radius 1 is 0.968 bits per heavy atom. The fourth-order valence-corrected chi connectivity index (χ4v) is 3.38. The fraction of sp³-hybridized carbons (Fsp3) is 0.0800. The number of nitrogens with two attached hydrogens (primary N) is 1. The van der Waals surface area contributed by atoms with Gasteiger partial charge in [-0.3, -0.25) is 4.98 Å². The van der Waals surface area contributed by atoms with Crippen molar-refractivity contribution in [1.82, 2.24) is 9.97 Å². The Morgan fingerprint density at radius 3 is 2.52 bits per heavy atom. The standard InChI is InChI=1S/C25H22N4OS/c1-31-28-16-23(18-12-14-27-15-13-18)25(26)20-7-10-22(11-8-20)30-17-21-9-6-19-4-2-3-5-24(19)29-21/h2-16H,17,26H2,1H3. The molecule has 0 amide bonds. The molecule has 2 aromatic heterocycles. The molecule has 31 heavy (non-hydrogen) atoms. The highest BCUT2D eigenvalue weighted by molar-refractivity contribution is 7.97. The van der Waals surface area contributed by atoms with Gasteiger partial charge in [0, 0.05) is 41.5 Å². The van der Waals surface area contributed by atoms with E-state index < -0.39 is 0 Å². The minimum Gasteiger partial charge on any atom is -0.487 e. The van der Waals surface area contributed by atoms with Crippen molar-refractivity contribution in [3.8, 4) is 5.75 Å². The van der Waals surface area contributed by atoms with Gasteiger partial charge in [0.2, 0.25) is 0 Å². The van der Waals surface area contributed by atoms with Crippen molar-refractivity contribution in [1.29, 1.82) is 0 Å². The quantitative estimate of drug-likeness (QED) is 0.317. The third kappa shape index (κ3) is 5.10. The molecule has 0 spiro atoms. The molecule has 0 atom stereocenters. The van der Waals surface area contributed by atoms with Crippen LogP contribution in [0.3, 0.4) is 0 Å². The van der Waals surface area contributed by atoms with Gasteiger partial charge in [-0.1, -0.05) is 24.3 Å². The Morgan fingerprint density at radius 2 is 1.74 bits per heavy atom. The highest BCUT2D eigenvalue weighted by Crippen LogP contribution is 2.24. The molecule has 154 valence electrons. The van der Waals surface area contributed by atoms with Crippen molar-refractivity contribution in [3.05, 3.63) is 102 Å². The molecule has 2 N–H and O–H groups in total. The van der Waals surface area contributed by atoms with Crippen LogP contribution in [0.1, 0.15) is 16.8 Å². The molecule has 6 heteroatoms. The number of nitrogens with zero attached hydrogens (tertiary/aromatic N) is 3. The number of benzene rings is 2. The summed E-state index contributed by atoms with van der Waals surface area (Å²) < 4.78 is 10.2. The van der Waals surface area contributed by atoms with Gasteiger partial charge < -0.3 is 10.5 Å². The van der Waals surface area contributed by atoms with Gasteiger partial charge in [0.25, 0.3) is 0 Å². The zero-order valence-electron chi connectivity index (χ0n) is 17.1. The lowest BCUT2D eigenvalue weighted by atomic mass is 10.0. The Kier molecular flexibility index (Phi) is 6.59. The molecule has 4 aromatic rings. The van der Waals surface area contributed by atoms with E-state index in [1.807, 2.05) is 73.0 Å². The summed E-state index contributed by atoms with van der Waals surface area (Å²) in [5, 5.41) is 1.12. The number of fused-ring (bicyclic) bond motifs is 1. The van der Waals surface area contributed by atoms with Crippen molar-refractivity contribution in [2.45, 2.75) is 6.61 Å². The Labute approximate surface area is 185 Å². The summed E-state index contributed by atoms with van der Waals surface area (Å²) in [4.78, 5) is 8.73. The average Bonchev–Trinajstić information content (AvgIpc) is 2.83. The van der Waals surface area contributed by atoms with E-state index in [1.165, 1.54) is 11.9 Å². The number of hydrogen-bond acceptors (Lipinski definition) is 6. The molecule has 0 radical (unpaired) electrons. The summed E-state index contributed by atoms with van der Waals surface area (Å²) in [6.45, 7) is 0.401. The van der Waals surface area contributed by atoms with Crippen LogP contribution in [0.15, 0.2) is 89.6 Å². The first kappa shape index (κ1) is 20.6.